The SMILES string of the molecule is CCOC(Cc1cccc(C(F)(F)F)c1)OCC. The minimum Gasteiger partial charge on any atom is -0.353 e. The summed E-state index contributed by atoms with van der Waals surface area (Å²) in [7, 11) is 0. The zero-order valence-electron chi connectivity index (χ0n) is 10.5. The molecule has 0 atom stereocenters. The van der Waals surface area contributed by atoms with Gasteiger partial charge in [0.1, 0.15) is 0 Å². The first-order valence-corrected chi connectivity index (χ1v) is 5.86. The van der Waals surface area contributed by atoms with Crippen LogP contribution in [0.4, 0.5) is 13.2 Å². The molecule has 1 aromatic carbocycles. The molecule has 1 rings (SSSR count). The molecule has 0 bridgehead atoms. The minimum absolute atomic E-state index is 0.311. The van der Waals surface area contributed by atoms with Crippen molar-refractivity contribution in [2.75, 3.05) is 13.2 Å². The van der Waals surface area contributed by atoms with E-state index < -0.39 is 18.0 Å². The van der Waals surface area contributed by atoms with Crippen molar-refractivity contribution in [2.45, 2.75) is 32.7 Å². The van der Waals surface area contributed by atoms with Crippen molar-refractivity contribution in [2.24, 2.45) is 0 Å². The maximum Gasteiger partial charge on any atom is 0.416 e. The van der Waals surface area contributed by atoms with E-state index in [-0.39, 0.29) is 0 Å². The van der Waals surface area contributed by atoms with Crippen LogP contribution in [0, 0.1) is 0 Å². The maximum atomic E-state index is 12.5. The lowest BCUT2D eigenvalue weighted by molar-refractivity contribution is -0.139. The molecule has 0 saturated carbocycles. The topological polar surface area (TPSA) is 18.5 Å². The summed E-state index contributed by atoms with van der Waals surface area (Å²) in [5.74, 6) is 0. The summed E-state index contributed by atoms with van der Waals surface area (Å²) in [6.45, 7) is 4.56. The summed E-state index contributed by atoms with van der Waals surface area (Å²) < 4.78 is 48.2. The van der Waals surface area contributed by atoms with Gasteiger partial charge in [-0.1, -0.05) is 18.2 Å². The number of rotatable bonds is 6. The third-order valence-electron chi connectivity index (χ3n) is 2.36. The van der Waals surface area contributed by atoms with Crippen molar-refractivity contribution in [3.63, 3.8) is 0 Å². The van der Waals surface area contributed by atoms with Gasteiger partial charge < -0.3 is 9.47 Å². The zero-order chi connectivity index (χ0) is 13.6. The van der Waals surface area contributed by atoms with Crippen molar-refractivity contribution in [1.82, 2.24) is 0 Å². The van der Waals surface area contributed by atoms with Crippen molar-refractivity contribution in [3.8, 4) is 0 Å². The molecule has 0 fully saturated rings. The van der Waals surface area contributed by atoms with Crippen LogP contribution in [0.15, 0.2) is 24.3 Å². The van der Waals surface area contributed by atoms with Crippen LogP contribution in [0.5, 0.6) is 0 Å². The molecule has 0 aliphatic carbocycles. The molecule has 0 unspecified atom stereocenters. The fraction of sp³-hybridized carbons (Fsp3) is 0.538. The Bertz CT molecular complexity index is 357. The van der Waals surface area contributed by atoms with Gasteiger partial charge in [0.05, 0.1) is 5.56 Å². The lowest BCUT2D eigenvalue weighted by Gasteiger charge is -2.17. The van der Waals surface area contributed by atoms with E-state index in [9.17, 15) is 13.2 Å². The Hall–Kier alpha value is -1.07. The van der Waals surface area contributed by atoms with Crippen LogP contribution < -0.4 is 0 Å². The molecule has 0 aliphatic rings. The van der Waals surface area contributed by atoms with Gasteiger partial charge in [0.15, 0.2) is 6.29 Å². The van der Waals surface area contributed by atoms with Crippen LogP contribution >= 0.6 is 0 Å². The smallest absolute Gasteiger partial charge is 0.353 e. The van der Waals surface area contributed by atoms with E-state index in [2.05, 4.69) is 0 Å². The fourth-order valence-electron chi connectivity index (χ4n) is 1.60. The highest BCUT2D eigenvalue weighted by Crippen LogP contribution is 2.29. The molecular formula is C13H17F3O2. The minimum atomic E-state index is -4.32. The molecule has 0 aliphatic heterocycles. The Balaban J connectivity index is 2.77. The molecular weight excluding hydrogens is 245 g/mol. The van der Waals surface area contributed by atoms with Crippen LogP contribution in [0.2, 0.25) is 0 Å². The zero-order valence-corrected chi connectivity index (χ0v) is 10.5. The summed E-state index contributed by atoms with van der Waals surface area (Å²) in [5.41, 5.74) is -0.0940. The van der Waals surface area contributed by atoms with Gasteiger partial charge in [-0.05, 0) is 25.5 Å². The third-order valence-corrected chi connectivity index (χ3v) is 2.36. The average Bonchev–Trinajstić information content (AvgIpc) is 2.29. The number of halogens is 3. The second kappa shape index (κ2) is 6.75. The first-order chi connectivity index (χ1) is 8.47. The van der Waals surface area contributed by atoms with Crippen LogP contribution in [0.3, 0.4) is 0 Å². The highest BCUT2D eigenvalue weighted by atomic mass is 19.4. The summed E-state index contributed by atoms with van der Waals surface area (Å²) in [6, 6.07) is 5.22. The predicted octanol–water partition coefficient (Wildman–Crippen LogP) is 3.65. The molecule has 0 radical (unpaired) electrons. The molecule has 0 saturated heterocycles. The largest absolute Gasteiger partial charge is 0.416 e. The maximum absolute atomic E-state index is 12.5. The van der Waals surface area contributed by atoms with E-state index in [0.717, 1.165) is 12.1 Å². The van der Waals surface area contributed by atoms with Crippen molar-refractivity contribution in [3.05, 3.63) is 35.4 Å². The van der Waals surface area contributed by atoms with E-state index in [4.69, 9.17) is 9.47 Å². The van der Waals surface area contributed by atoms with E-state index in [1.165, 1.54) is 6.07 Å². The van der Waals surface area contributed by atoms with Crippen molar-refractivity contribution < 1.29 is 22.6 Å². The number of benzene rings is 1. The van der Waals surface area contributed by atoms with Gasteiger partial charge >= 0.3 is 6.18 Å². The molecule has 0 N–H and O–H groups in total. The lowest BCUT2D eigenvalue weighted by Crippen LogP contribution is -2.20. The Kier molecular flexibility index (Phi) is 5.62. The number of alkyl halides is 3. The molecule has 18 heavy (non-hydrogen) atoms. The molecule has 0 aromatic heterocycles. The molecule has 102 valence electrons. The number of hydrogen-bond donors (Lipinski definition) is 0. The van der Waals surface area contributed by atoms with E-state index in [0.29, 0.717) is 25.2 Å². The van der Waals surface area contributed by atoms with E-state index >= 15 is 0 Å². The van der Waals surface area contributed by atoms with Gasteiger partial charge in [-0.3, -0.25) is 0 Å². The quantitative estimate of drug-likeness (QED) is 0.729. The average molecular weight is 262 g/mol. The molecule has 1 aromatic rings. The second-order valence-corrected chi connectivity index (χ2v) is 3.74. The fourth-order valence-corrected chi connectivity index (χ4v) is 1.60. The first-order valence-electron chi connectivity index (χ1n) is 5.86. The molecule has 5 heteroatoms. The van der Waals surface area contributed by atoms with Crippen molar-refractivity contribution in [1.29, 1.82) is 0 Å². The highest BCUT2D eigenvalue weighted by molar-refractivity contribution is 5.25. The second-order valence-electron chi connectivity index (χ2n) is 3.74. The Morgan fingerprint density at radius 3 is 2.22 bits per heavy atom. The van der Waals surface area contributed by atoms with Crippen LogP contribution in [0.25, 0.3) is 0 Å². The van der Waals surface area contributed by atoms with E-state index in [1.807, 2.05) is 13.8 Å². The number of ether oxygens (including phenoxy) is 2. The summed E-state index contributed by atoms with van der Waals surface area (Å²) in [4.78, 5) is 0. The molecule has 0 spiro atoms. The van der Waals surface area contributed by atoms with Crippen LogP contribution in [-0.4, -0.2) is 19.5 Å². The monoisotopic (exact) mass is 262 g/mol. The van der Waals surface area contributed by atoms with E-state index in [1.54, 1.807) is 6.07 Å². The number of hydrogen-bond acceptors (Lipinski definition) is 2. The normalized spacial score (nSPS) is 12.1. The molecule has 0 amide bonds. The Labute approximate surface area is 105 Å². The van der Waals surface area contributed by atoms with Gasteiger partial charge in [0, 0.05) is 19.6 Å². The lowest BCUT2D eigenvalue weighted by atomic mass is 10.1. The third kappa shape index (κ3) is 4.66. The highest BCUT2D eigenvalue weighted by Gasteiger charge is 2.30. The van der Waals surface area contributed by atoms with Crippen LogP contribution in [0.1, 0.15) is 25.0 Å². The molecule has 0 heterocycles. The van der Waals surface area contributed by atoms with Crippen molar-refractivity contribution >= 4 is 0 Å². The van der Waals surface area contributed by atoms with Gasteiger partial charge in [-0.2, -0.15) is 13.2 Å². The molecule has 2 nitrogen and oxygen atoms in total. The standard InChI is InChI=1S/C13H17F3O2/c1-3-17-12(18-4-2)9-10-6-5-7-11(8-10)13(14,15)16/h5-8,12H,3-4,9H2,1-2H3. The van der Waals surface area contributed by atoms with Gasteiger partial charge in [-0.15, -0.1) is 0 Å². The van der Waals surface area contributed by atoms with Crippen LogP contribution in [-0.2, 0) is 22.1 Å². The Morgan fingerprint density at radius 1 is 1.11 bits per heavy atom. The summed E-state index contributed by atoms with van der Waals surface area (Å²) in [5, 5.41) is 0. The summed E-state index contributed by atoms with van der Waals surface area (Å²) in [6.07, 6.45) is -4.50. The first kappa shape index (κ1) is 15.0. The summed E-state index contributed by atoms with van der Waals surface area (Å²) >= 11 is 0. The van der Waals surface area contributed by atoms with Gasteiger partial charge in [0.25, 0.3) is 0 Å². The Morgan fingerprint density at radius 2 is 1.72 bits per heavy atom. The predicted molar refractivity (Wildman–Crippen MR) is 62.2 cm³/mol. The van der Waals surface area contributed by atoms with Gasteiger partial charge in [-0.25, -0.2) is 0 Å². The van der Waals surface area contributed by atoms with Gasteiger partial charge in [0.2, 0.25) is 0 Å².